The van der Waals surface area contributed by atoms with Crippen LogP contribution in [0.15, 0.2) is 24.3 Å². The van der Waals surface area contributed by atoms with Gasteiger partial charge in [0, 0.05) is 18.1 Å². The Hall–Kier alpha value is -2.34. The number of carbonyl (C=O) groups excluding carboxylic acids is 2. The summed E-state index contributed by atoms with van der Waals surface area (Å²) in [7, 11) is 0. The first-order valence-electron chi connectivity index (χ1n) is 8.84. The predicted molar refractivity (Wildman–Crippen MR) is 104 cm³/mol. The summed E-state index contributed by atoms with van der Waals surface area (Å²) in [5.74, 6) is -0.348. The van der Waals surface area contributed by atoms with Gasteiger partial charge in [0.25, 0.3) is 11.8 Å². The first-order chi connectivity index (χ1) is 12.4. The summed E-state index contributed by atoms with van der Waals surface area (Å²) in [5, 5.41) is 10.5. The molecule has 0 aliphatic heterocycles. The van der Waals surface area contributed by atoms with Gasteiger partial charge in [0.15, 0.2) is 0 Å². The first kappa shape index (κ1) is 20.0. The second kappa shape index (κ2) is 8.85. The number of hydrogen-bond donors (Lipinski definition) is 2. The van der Waals surface area contributed by atoms with Crippen LogP contribution < -0.4 is 10.6 Å². The zero-order valence-electron chi connectivity index (χ0n) is 15.6. The third-order valence-electron chi connectivity index (χ3n) is 3.93. The van der Waals surface area contributed by atoms with Crippen LogP contribution in [0.1, 0.15) is 66.6 Å². The largest absolute Gasteiger partial charge is 0.352 e. The fourth-order valence-corrected chi connectivity index (χ4v) is 2.65. The van der Waals surface area contributed by atoms with E-state index in [9.17, 15) is 9.59 Å². The number of halogens is 1. The van der Waals surface area contributed by atoms with Crippen LogP contribution in [0.5, 0.6) is 0 Å². The van der Waals surface area contributed by atoms with Gasteiger partial charge in [0.2, 0.25) is 0 Å². The summed E-state index contributed by atoms with van der Waals surface area (Å²) in [6.45, 7) is 9.10. The van der Waals surface area contributed by atoms with Crippen molar-refractivity contribution in [3.8, 4) is 0 Å². The Balaban J connectivity index is 2.31. The fourth-order valence-electron chi connectivity index (χ4n) is 2.48. The van der Waals surface area contributed by atoms with Crippen molar-refractivity contribution >= 4 is 29.1 Å². The minimum atomic E-state index is -0.321. The van der Waals surface area contributed by atoms with Gasteiger partial charge in [-0.2, -0.15) is 5.10 Å². The molecule has 0 aliphatic rings. The molecule has 0 spiro atoms. The number of anilines is 1. The number of benzene rings is 1. The summed E-state index contributed by atoms with van der Waals surface area (Å²) < 4.78 is 1.66. The Morgan fingerprint density at radius 1 is 1.19 bits per heavy atom. The molecule has 1 heterocycles. The maximum atomic E-state index is 12.8. The molecule has 0 unspecified atom stereocenters. The molecule has 0 saturated carbocycles. The van der Waals surface area contributed by atoms with E-state index < -0.39 is 0 Å². The number of nitrogens with one attached hydrogen (secondary N) is 2. The Morgan fingerprint density at radius 3 is 2.54 bits per heavy atom. The summed E-state index contributed by atoms with van der Waals surface area (Å²) in [5.41, 5.74) is 2.06. The summed E-state index contributed by atoms with van der Waals surface area (Å²) >= 11 is 6.06. The minimum Gasteiger partial charge on any atom is -0.352 e. The Bertz CT molecular complexity index is 799. The maximum Gasteiger partial charge on any atom is 0.273 e. The number of carbonyl (C=O) groups is 2. The highest BCUT2D eigenvalue weighted by Gasteiger charge is 2.19. The fraction of sp³-hybridized carbons (Fsp3) is 0.421. The van der Waals surface area contributed by atoms with E-state index in [2.05, 4.69) is 15.7 Å². The number of aryl methyl sites for hydroxylation is 1. The average Bonchev–Trinajstić information content (AvgIpc) is 3.04. The average molecular weight is 377 g/mol. The van der Waals surface area contributed by atoms with Crippen molar-refractivity contribution in [3.63, 3.8) is 0 Å². The standard InChI is InChI=1S/C19H25ClN4O2/c1-5-9-21-18(25)14-8-7-13(20)10-16(14)22-19(26)17-11-15(12(3)4)23-24(17)6-2/h7-8,10-12H,5-6,9H2,1-4H3,(H,21,25)(H,22,26). The van der Waals surface area contributed by atoms with Gasteiger partial charge in [-0.15, -0.1) is 0 Å². The molecule has 6 nitrogen and oxygen atoms in total. The third kappa shape index (κ3) is 4.64. The molecule has 2 N–H and O–H groups in total. The number of aromatic nitrogens is 2. The van der Waals surface area contributed by atoms with E-state index in [1.165, 1.54) is 0 Å². The number of amides is 2. The highest BCUT2D eigenvalue weighted by molar-refractivity contribution is 6.31. The lowest BCUT2D eigenvalue weighted by Crippen LogP contribution is -2.26. The zero-order valence-corrected chi connectivity index (χ0v) is 16.4. The van der Waals surface area contributed by atoms with Crippen LogP contribution in [0.25, 0.3) is 0 Å². The summed E-state index contributed by atoms with van der Waals surface area (Å²) in [6.07, 6.45) is 0.828. The third-order valence-corrected chi connectivity index (χ3v) is 4.17. The van der Waals surface area contributed by atoms with Gasteiger partial charge < -0.3 is 10.6 Å². The van der Waals surface area contributed by atoms with Crippen LogP contribution in [0.4, 0.5) is 5.69 Å². The molecule has 0 saturated heterocycles. The maximum absolute atomic E-state index is 12.8. The van der Waals surface area contributed by atoms with E-state index in [4.69, 9.17) is 11.6 Å². The summed E-state index contributed by atoms with van der Waals surface area (Å²) in [4.78, 5) is 25.1. The second-order valence-corrected chi connectivity index (χ2v) is 6.76. The van der Waals surface area contributed by atoms with E-state index in [1.807, 2.05) is 27.7 Å². The number of nitrogens with zero attached hydrogens (tertiary/aromatic N) is 2. The van der Waals surface area contributed by atoms with E-state index in [0.717, 1.165) is 12.1 Å². The molecule has 0 fully saturated rings. The van der Waals surface area contributed by atoms with Crippen LogP contribution in [0.2, 0.25) is 5.02 Å². The van der Waals surface area contributed by atoms with Gasteiger partial charge in [-0.25, -0.2) is 0 Å². The molecule has 7 heteroatoms. The van der Waals surface area contributed by atoms with Crippen LogP contribution in [0.3, 0.4) is 0 Å². The van der Waals surface area contributed by atoms with Crippen molar-refractivity contribution in [2.75, 3.05) is 11.9 Å². The monoisotopic (exact) mass is 376 g/mol. The predicted octanol–water partition coefficient (Wildman–Crippen LogP) is 4.07. The van der Waals surface area contributed by atoms with Crippen molar-refractivity contribution < 1.29 is 9.59 Å². The molecular weight excluding hydrogens is 352 g/mol. The van der Waals surface area contributed by atoms with Crippen molar-refractivity contribution in [1.29, 1.82) is 0 Å². The van der Waals surface area contributed by atoms with Gasteiger partial charge >= 0.3 is 0 Å². The summed E-state index contributed by atoms with van der Waals surface area (Å²) in [6, 6.07) is 6.60. The molecule has 2 amide bonds. The molecule has 0 atom stereocenters. The van der Waals surface area contributed by atoms with Crippen molar-refractivity contribution in [2.45, 2.75) is 46.6 Å². The number of rotatable bonds is 7. The van der Waals surface area contributed by atoms with E-state index in [1.54, 1.807) is 28.9 Å². The van der Waals surface area contributed by atoms with Crippen LogP contribution in [0, 0.1) is 0 Å². The van der Waals surface area contributed by atoms with Gasteiger partial charge in [0.05, 0.1) is 16.9 Å². The SMILES string of the molecule is CCCNC(=O)c1ccc(Cl)cc1NC(=O)c1cc(C(C)C)nn1CC. The van der Waals surface area contributed by atoms with Crippen LogP contribution in [-0.2, 0) is 6.54 Å². The molecule has 1 aromatic heterocycles. The Morgan fingerprint density at radius 2 is 1.92 bits per heavy atom. The smallest absolute Gasteiger partial charge is 0.273 e. The van der Waals surface area contributed by atoms with Gasteiger partial charge in [-0.1, -0.05) is 32.4 Å². The van der Waals surface area contributed by atoms with E-state index >= 15 is 0 Å². The zero-order chi connectivity index (χ0) is 19.3. The quantitative estimate of drug-likeness (QED) is 0.764. The minimum absolute atomic E-state index is 0.218. The molecular formula is C19H25ClN4O2. The lowest BCUT2D eigenvalue weighted by atomic mass is 10.1. The van der Waals surface area contributed by atoms with Crippen molar-refractivity contribution in [1.82, 2.24) is 15.1 Å². The molecule has 1 aromatic carbocycles. The molecule has 0 radical (unpaired) electrons. The van der Waals surface area contributed by atoms with Crippen LogP contribution in [-0.4, -0.2) is 28.1 Å². The number of hydrogen-bond acceptors (Lipinski definition) is 3. The highest BCUT2D eigenvalue weighted by atomic mass is 35.5. The lowest BCUT2D eigenvalue weighted by Gasteiger charge is -2.12. The first-order valence-corrected chi connectivity index (χ1v) is 9.22. The molecule has 0 bridgehead atoms. The van der Waals surface area contributed by atoms with Gasteiger partial charge in [-0.3, -0.25) is 14.3 Å². The molecule has 2 rings (SSSR count). The van der Waals surface area contributed by atoms with Crippen molar-refractivity contribution in [2.24, 2.45) is 0 Å². The normalized spacial score (nSPS) is 10.8. The Kier molecular flexibility index (Phi) is 6.80. The highest BCUT2D eigenvalue weighted by Crippen LogP contribution is 2.23. The van der Waals surface area contributed by atoms with E-state index in [0.29, 0.717) is 35.1 Å². The Labute approximate surface area is 158 Å². The topological polar surface area (TPSA) is 76.0 Å². The molecule has 2 aromatic rings. The second-order valence-electron chi connectivity index (χ2n) is 6.32. The molecule has 0 aliphatic carbocycles. The lowest BCUT2D eigenvalue weighted by molar-refractivity contribution is 0.0954. The van der Waals surface area contributed by atoms with Gasteiger partial charge in [-0.05, 0) is 43.5 Å². The van der Waals surface area contributed by atoms with Crippen molar-refractivity contribution in [3.05, 3.63) is 46.2 Å². The van der Waals surface area contributed by atoms with E-state index in [-0.39, 0.29) is 17.7 Å². The molecule has 26 heavy (non-hydrogen) atoms. The van der Waals surface area contributed by atoms with Gasteiger partial charge in [0.1, 0.15) is 5.69 Å². The van der Waals surface area contributed by atoms with Crippen LogP contribution >= 0.6 is 11.6 Å². The molecule has 140 valence electrons.